The number of piperidine rings is 1. The van der Waals surface area contributed by atoms with Gasteiger partial charge in [0.2, 0.25) is 0 Å². The zero-order valence-corrected chi connectivity index (χ0v) is 22.2. The number of imidazole rings is 1. The predicted molar refractivity (Wildman–Crippen MR) is 144 cm³/mol. The molecule has 7 rings (SSSR count). The SMILES string of the molecule is O=C1CNC(c2cn3c4c(cc(C(F)(F)F)cc24)CN(C(=O)N2CCC(F)(F)CC2)CC3)=C1c1cnc2ccccn12. The molecule has 42 heavy (non-hydrogen) atoms. The van der Waals surface area contributed by atoms with E-state index in [2.05, 4.69) is 10.3 Å². The summed E-state index contributed by atoms with van der Waals surface area (Å²) in [4.78, 5) is 33.6. The summed E-state index contributed by atoms with van der Waals surface area (Å²) < 4.78 is 73.4. The number of Topliss-reactive ketones (excluding diaryl/α,β-unsaturated/α-hetero) is 1. The van der Waals surface area contributed by atoms with Gasteiger partial charge in [0.25, 0.3) is 5.92 Å². The second-order valence-corrected chi connectivity index (χ2v) is 10.9. The third-order valence-corrected chi connectivity index (χ3v) is 8.28. The highest BCUT2D eigenvalue weighted by Crippen LogP contribution is 2.41. The Labute approximate surface area is 236 Å². The summed E-state index contributed by atoms with van der Waals surface area (Å²) in [5.41, 5.74) is 2.30. The van der Waals surface area contributed by atoms with Crippen LogP contribution in [0, 0.1) is 0 Å². The minimum atomic E-state index is -4.67. The Bertz CT molecular complexity index is 1790. The number of alkyl halides is 5. The number of nitrogens with zero attached hydrogens (tertiary/aromatic N) is 5. The van der Waals surface area contributed by atoms with Gasteiger partial charge in [-0.1, -0.05) is 6.07 Å². The van der Waals surface area contributed by atoms with Gasteiger partial charge in [-0.2, -0.15) is 13.2 Å². The van der Waals surface area contributed by atoms with Gasteiger partial charge >= 0.3 is 12.2 Å². The van der Waals surface area contributed by atoms with Crippen molar-refractivity contribution >= 4 is 39.6 Å². The van der Waals surface area contributed by atoms with E-state index in [4.69, 9.17) is 0 Å². The van der Waals surface area contributed by atoms with Crippen molar-refractivity contribution in [1.82, 2.24) is 29.1 Å². The van der Waals surface area contributed by atoms with Crippen molar-refractivity contribution in [2.45, 2.75) is 38.0 Å². The lowest BCUT2D eigenvalue weighted by molar-refractivity contribution is -0.137. The maximum atomic E-state index is 14.2. The molecule has 1 N–H and O–H groups in total. The van der Waals surface area contributed by atoms with Crippen LogP contribution in [0.15, 0.2) is 48.9 Å². The Balaban J connectivity index is 1.35. The number of hydrogen-bond acceptors (Lipinski definition) is 4. The van der Waals surface area contributed by atoms with Crippen LogP contribution in [0.1, 0.15) is 35.2 Å². The van der Waals surface area contributed by atoms with Crippen LogP contribution < -0.4 is 5.32 Å². The Morgan fingerprint density at radius 2 is 1.81 bits per heavy atom. The van der Waals surface area contributed by atoms with Crippen molar-refractivity contribution < 1.29 is 31.5 Å². The number of halogens is 5. The fourth-order valence-corrected chi connectivity index (χ4v) is 6.19. The summed E-state index contributed by atoms with van der Waals surface area (Å²) in [6.45, 7) is 0.0994. The smallest absolute Gasteiger partial charge is 0.376 e. The van der Waals surface area contributed by atoms with Crippen LogP contribution in [0.5, 0.6) is 0 Å². The lowest BCUT2D eigenvalue weighted by Crippen LogP contribution is -2.49. The second kappa shape index (κ2) is 9.30. The van der Waals surface area contributed by atoms with Crippen LogP contribution in [0.3, 0.4) is 0 Å². The first kappa shape index (κ1) is 26.5. The van der Waals surface area contributed by atoms with Gasteiger partial charge in [0, 0.05) is 68.9 Å². The first-order valence-corrected chi connectivity index (χ1v) is 13.6. The number of hydrogen-bond donors (Lipinski definition) is 1. The van der Waals surface area contributed by atoms with Crippen LogP contribution >= 0.6 is 0 Å². The molecule has 0 saturated carbocycles. The number of urea groups is 1. The van der Waals surface area contributed by atoms with E-state index in [9.17, 15) is 31.5 Å². The van der Waals surface area contributed by atoms with Gasteiger partial charge in [-0.15, -0.1) is 0 Å². The molecular formula is C29H25F5N6O2. The zero-order valence-electron chi connectivity index (χ0n) is 22.2. The quantitative estimate of drug-likeness (QED) is 0.336. The van der Waals surface area contributed by atoms with E-state index >= 15 is 0 Å². The molecule has 0 bridgehead atoms. The van der Waals surface area contributed by atoms with Gasteiger partial charge in [0.1, 0.15) is 5.65 Å². The molecule has 1 saturated heterocycles. The number of aromatic nitrogens is 3. The molecule has 1 aromatic carbocycles. The minimum Gasteiger partial charge on any atom is -0.376 e. The van der Waals surface area contributed by atoms with Crippen molar-refractivity contribution in [3.05, 3.63) is 71.3 Å². The molecule has 13 heteroatoms. The monoisotopic (exact) mass is 584 g/mol. The van der Waals surface area contributed by atoms with Crippen molar-refractivity contribution in [3.63, 3.8) is 0 Å². The highest BCUT2D eigenvalue weighted by atomic mass is 19.4. The summed E-state index contributed by atoms with van der Waals surface area (Å²) in [6, 6.07) is 7.07. The molecule has 0 atom stereocenters. The average molecular weight is 585 g/mol. The van der Waals surface area contributed by atoms with Gasteiger partial charge < -0.3 is 19.7 Å². The molecule has 218 valence electrons. The Morgan fingerprint density at radius 1 is 1.02 bits per heavy atom. The topological polar surface area (TPSA) is 74.9 Å². The fourth-order valence-electron chi connectivity index (χ4n) is 6.19. The van der Waals surface area contributed by atoms with E-state index in [1.54, 1.807) is 39.7 Å². The molecule has 0 aliphatic carbocycles. The molecular weight excluding hydrogens is 559 g/mol. The summed E-state index contributed by atoms with van der Waals surface area (Å²) in [5.74, 6) is -3.04. The third-order valence-electron chi connectivity index (χ3n) is 8.28. The molecule has 0 unspecified atom stereocenters. The molecule has 2 amide bonds. The molecule has 4 aromatic rings. The van der Waals surface area contributed by atoms with Crippen LogP contribution in [-0.2, 0) is 24.1 Å². The van der Waals surface area contributed by atoms with Crippen LogP contribution in [0.2, 0.25) is 0 Å². The third kappa shape index (κ3) is 4.29. The van der Waals surface area contributed by atoms with E-state index in [0.717, 1.165) is 12.1 Å². The van der Waals surface area contributed by atoms with E-state index in [0.29, 0.717) is 44.6 Å². The van der Waals surface area contributed by atoms with Crippen LogP contribution in [0.4, 0.5) is 26.7 Å². The number of rotatable bonds is 2. The first-order valence-electron chi connectivity index (χ1n) is 13.6. The minimum absolute atomic E-state index is 0.0135. The first-order chi connectivity index (χ1) is 20.0. The van der Waals surface area contributed by atoms with Crippen molar-refractivity contribution in [2.75, 3.05) is 26.2 Å². The summed E-state index contributed by atoms with van der Waals surface area (Å²) >= 11 is 0. The Kier molecular flexibility index (Phi) is 5.86. The van der Waals surface area contributed by atoms with E-state index < -0.39 is 36.5 Å². The lowest BCUT2D eigenvalue weighted by atomic mass is 9.99. The molecule has 0 spiro atoms. The molecule has 1 fully saturated rings. The fraction of sp³-hybridized carbons (Fsp3) is 0.345. The lowest BCUT2D eigenvalue weighted by Gasteiger charge is -2.35. The van der Waals surface area contributed by atoms with Gasteiger partial charge in [-0.25, -0.2) is 18.6 Å². The number of benzene rings is 1. The maximum Gasteiger partial charge on any atom is 0.416 e. The van der Waals surface area contributed by atoms with Gasteiger partial charge in [-0.05, 0) is 29.8 Å². The molecule has 3 aromatic heterocycles. The van der Waals surface area contributed by atoms with E-state index in [-0.39, 0.29) is 45.1 Å². The highest BCUT2D eigenvalue weighted by molar-refractivity contribution is 6.32. The van der Waals surface area contributed by atoms with E-state index in [1.807, 2.05) is 6.07 Å². The number of carbonyl (C=O) groups is 2. The number of carbonyl (C=O) groups excluding carboxylic acids is 2. The van der Waals surface area contributed by atoms with Crippen molar-refractivity contribution in [3.8, 4) is 0 Å². The summed E-state index contributed by atoms with van der Waals surface area (Å²) in [7, 11) is 0. The molecule has 3 aliphatic rings. The molecule has 3 aliphatic heterocycles. The van der Waals surface area contributed by atoms with Crippen LogP contribution in [0.25, 0.3) is 27.8 Å². The largest absolute Gasteiger partial charge is 0.416 e. The highest BCUT2D eigenvalue weighted by Gasteiger charge is 2.39. The number of ketones is 1. The Morgan fingerprint density at radius 3 is 2.57 bits per heavy atom. The standard InChI is InChI=1S/C29H25F5N6O2/c30-28(31)4-7-37(8-5-28)27(42)39-10-9-38-16-20(19-12-18(29(32,33)34)11-17(15-39)26(19)38)25-24(22(41)14-36-25)21-13-35-23-3-1-2-6-40(21)23/h1-3,6,11-13,16,36H,4-5,7-10,14-15H2. The number of fused-ring (bicyclic) bond motifs is 1. The molecule has 0 radical (unpaired) electrons. The average Bonchev–Trinajstić information content (AvgIpc) is 3.60. The van der Waals surface area contributed by atoms with Gasteiger partial charge in [0.15, 0.2) is 5.78 Å². The summed E-state index contributed by atoms with van der Waals surface area (Å²) in [6.07, 6.45) is -0.497. The molecule has 6 heterocycles. The molecule has 8 nitrogen and oxygen atoms in total. The van der Waals surface area contributed by atoms with Crippen LogP contribution in [-0.4, -0.2) is 67.7 Å². The number of amides is 2. The van der Waals surface area contributed by atoms with E-state index in [1.165, 1.54) is 9.80 Å². The van der Waals surface area contributed by atoms with Crippen molar-refractivity contribution in [2.24, 2.45) is 0 Å². The number of pyridine rings is 1. The maximum absolute atomic E-state index is 14.2. The van der Waals surface area contributed by atoms with Gasteiger partial charge in [-0.3, -0.25) is 9.20 Å². The number of likely N-dealkylation sites (tertiary alicyclic amines) is 1. The van der Waals surface area contributed by atoms with Gasteiger partial charge in [0.05, 0.1) is 40.8 Å². The predicted octanol–water partition coefficient (Wildman–Crippen LogP) is 5.02. The Hall–Kier alpha value is -4.42. The number of nitrogens with one attached hydrogen (secondary N) is 1. The zero-order chi connectivity index (χ0) is 29.4. The van der Waals surface area contributed by atoms with Crippen molar-refractivity contribution in [1.29, 1.82) is 0 Å². The second-order valence-electron chi connectivity index (χ2n) is 10.9. The summed E-state index contributed by atoms with van der Waals surface area (Å²) in [5, 5.41) is 3.41. The normalized spacial score (nSPS) is 19.1.